The Morgan fingerprint density at radius 2 is 1.93 bits per heavy atom. The van der Waals surface area contributed by atoms with E-state index in [9.17, 15) is 14.7 Å². The van der Waals surface area contributed by atoms with Gasteiger partial charge in [-0.2, -0.15) is 0 Å². The molecule has 158 valence electrons. The first kappa shape index (κ1) is 22.1. The predicted octanol–water partition coefficient (Wildman–Crippen LogP) is 4.22. The van der Waals surface area contributed by atoms with Crippen LogP contribution in [0.5, 0.6) is 5.75 Å². The maximum absolute atomic E-state index is 13.0. The number of Topliss-reactive ketones (excluding diaryl/α,β-unsaturated/α-hetero) is 1. The quantitative estimate of drug-likeness (QED) is 0.282. The van der Waals surface area contributed by atoms with Crippen molar-refractivity contribution in [3.63, 3.8) is 0 Å². The Kier molecular flexibility index (Phi) is 6.95. The van der Waals surface area contributed by atoms with E-state index in [1.165, 1.54) is 4.90 Å². The van der Waals surface area contributed by atoms with E-state index in [0.29, 0.717) is 30.9 Å². The summed E-state index contributed by atoms with van der Waals surface area (Å²) in [6.07, 6.45) is 0.579. The number of nitrogens with zero attached hydrogens (tertiary/aromatic N) is 1. The smallest absolute Gasteiger partial charge is 0.295 e. The Labute approximate surface area is 184 Å². The molecule has 1 amide bonds. The topological polar surface area (TPSA) is 76.1 Å². The van der Waals surface area contributed by atoms with Crippen LogP contribution in [0.1, 0.15) is 29.2 Å². The average molecular weight is 474 g/mol. The zero-order chi connectivity index (χ0) is 21.8. The van der Waals surface area contributed by atoms with Gasteiger partial charge in [-0.25, -0.2) is 0 Å². The summed E-state index contributed by atoms with van der Waals surface area (Å²) in [5, 5.41) is 11.1. The number of amides is 1. The van der Waals surface area contributed by atoms with Crippen LogP contribution in [0.2, 0.25) is 0 Å². The van der Waals surface area contributed by atoms with Gasteiger partial charge in [-0.05, 0) is 54.8 Å². The fourth-order valence-electron chi connectivity index (χ4n) is 3.69. The molecule has 2 aromatic rings. The third-order valence-corrected chi connectivity index (χ3v) is 5.61. The third kappa shape index (κ3) is 4.27. The highest BCUT2D eigenvalue weighted by atomic mass is 79.9. The van der Waals surface area contributed by atoms with Crippen molar-refractivity contribution in [3.05, 3.63) is 69.2 Å². The number of benzene rings is 2. The maximum atomic E-state index is 13.0. The van der Waals surface area contributed by atoms with Crippen LogP contribution in [0.15, 0.2) is 52.5 Å². The van der Waals surface area contributed by atoms with Crippen molar-refractivity contribution in [2.24, 2.45) is 0 Å². The normalized spacial score (nSPS) is 18.1. The highest BCUT2D eigenvalue weighted by molar-refractivity contribution is 9.10. The lowest BCUT2D eigenvalue weighted by Gasteiger charge is -2.25. The van der Waals surface area contributed by atoms with E-state index in [0.717, 1.165) is 15.6 Å². The van der Waals surface area contributed by atoms with Crippen molar-refractivity contribution in [1.29, 1.82) is 0 Å². The molecular weight excluding hydrogens is 450 g/mol. The molecule has 0 radical (unpaired) electrons. The second kappa shape index (κ2) is 9.45. The highest BCUT2D eigenvalue weighted by Crippen LogP contribution is 2.40. The maximum Gasteiger partial charge on any atom is 0.295 e. The number of aliphatic hydroxyl groups excluding tert-OH is 1. The largest absolute Gasteiger partial charge is 0.507 e. The number of carbonyl (C=O) groups excluding carboxylic acids is 2. The van der Waals surface area contributed by atoms with Gasteiger partial charge >= 0.3 is 0 Å². The van der Waals surface area contributed by atoms with Crippen molar-refractivity contribution >= 4 is 33.4 Å². The number of ether oxygens (including phenoxy) is 2. The Morgan fingerprint density at radius 1 is 1.17 bits per heavy atom. The lowest BCUT2D eigenvalue weighted by Crippen LogP contribution is -2.31. The van der Waals surface area contributed by atoms with Gasteiger partial charge in [-0.1, -0.05) is 28.1 Å². The minimum absolute atomic E-state index is 0.0834. The van der Waals surface area contributed by atoms with Crippen molar-refractivity contribution in [3.8, 4) is 5.75 Å². The number of likely N-dealkylation sites (tertiary alicyclic amines) is 1. The summed E-state index contributed by atoms with van der Waals surface area (Å²) < 4.78 is 11.2. The second-order valence-corrected chi connectivity index (χ2v) is 7.99. The summed E-state index contributed by atoms with van der Waals surface area (Å²) in [7, 11) is 3.16. The summed E-state index contributed by atoms with van der Waals surface area (Å²) in [4.78, 5) is 27.3. The summed E-state index contributed by atoms with van der Waals surface area (Å²) >= 11 is 3.45. The Balaban J connectivity index is 2.13. The van der Waals surface area contributed by atoms with Gasteiger partial charge in [0.15, 0.2) is 0 Å². The molecule has 3 rings (SSSR count). The summed E-state index contributed by atoms with van der Waals surface area (Å²) in [6.45, 7) is 2.66. The van der Waals surface area contributed by atoms with Crippen LogP contribution >= 0.6 is 15.9 Å². The van der Waals surface area contributed by atoms with E-state index in [1.807, 2.05) is 31.2 Å². The van der Waals surface area contributed by atoms with E-state index in [-0.39, 0.29) is 11.3 Å². The molecule has 1 heterocycles. The lowest BCUT2D eigenvalue weighted by molar-refractivity contribution is -0.140. The predicted molar refractivity (Wildman–Crippen MR) is 117 cm³/mol. The fraction of sp³-hybridized carbons (Fsp3) is 0.304. The Morgan fingerprint density at radius 3 is 2.57 bits per heavy atom. The van der Waals surface area contributed by atoms with E-state index < -0.39 is 17.7 Å². The van der Waals surface area contributed by atoms with Crippen LogP contribution < -0.4 is 4.74 Å². The van der Waals surface area contributed by atoms with Gasteiger partial charge in [-0.3, -0.25) is 9.59 Å². The van der Waals surface area contributed by atoms with E-state index in [4.69, 9.17) is 9.47 Å². The van der Waals surface area contributed by atoms with Gasteiger partial charge in [-0.15, -0.1) is 0 Å². The number of aryl methyl sites for hydroxylation is 1. The van der Waals surface area contributed by atoms with Gasteiger partial charge in [0.1, 0.15) is 11.5 Å². The number of ketones is 1. The minimum atomic E-state index is -0.691. The molecule has 1 aliphatic rings. The van der Waals surface area contributed by atoms with Crippen LogP contribution in [-0.2, 0) is 14.3 Å². The average Bonchev–Trinajstić information content (AvgIpc) is 2.98. The molecule has 7 heteroatoms. The van der Waals surface area contributed by atoms with E-state index in [1.54, 1.807) is 32.4 Å². The Bertz CT molecular complexity index is 1000. The number of rotatable bonds is 7. The number of hydrogen-bond donors (Lipinski definition) is 1. The van der Waals surface area contributed by atoms with Crippen molar-refractivity contribution in [1.82, 2.24) is 4.90 Å². The molecule has 0 saturated carbocycles. The molecule has 2 aromatic carbocycles. The van der Waals surface area contributed by atoms with Crippen molar-refractivity contribution < 1.29 is 24.2 Å². The lowest BCUT2D eigenvalue weighted by atomic mass is 9.95. The second-order valence-electron chi connectivity index (χ2n) is 7.08. The first-order valence-corrected chi connectivity index (χ1v) is 10.4. The summed E-state index contributed by atoms with van der Waals surface area (Å²) in [5.74, 6) is -0.834. The van der Waals surface area contributed by atoms with Gasteiger partial charge < -0.3 is 19.5 Å². The molecule has 0 spiro atoms. The molecule has 1 saturated heterocycles. The number of aliphatic hydroxyl groups is 1. The molecule has 0 aliphatic carbocycles. The van der Waals surface area contributed by atoms with Crippen molar-refractivity contribution in [2.75, 3.05) is 27.4 Å². The SMILES string of the molecule is COCCCN1C(=O)C(=O)/C(=C(/O)c2ccc(OC)c(C)c2)[C@H]1c1cccc(Br)c1. The van der Waals surface area contributed by atoms with Crippen molar-refractivity contribution in [2.45, 2.75) is 19.4 Å². The first-order valence-electron chi connectivity index (χ1n) is 9.56. The Hall–Kier alpha value is -2.64. The molecule has 1 atom stereocenters. The zero-order valence-corrected chi connectivity index (χ0v) is 18.7. The molecule has 1 aliphatic heterocycles. The number of methoxy groups -OCH3 is 2. The molecule has 0 aromatic heterocycles. The van der Waals surface area contributed by atoms with Gasteiger partial charge in [0.25, 0.3) is 11.7 Å². The molecular formula is C23H24BrNO5. The van der Waals surface area contributed by atoms with Crippen LogP contribution in [0, 0.1) is 6.92 Å². The van der Waals surface area contributed by atoms with Crippen LogP contribution in [0.3, 0.4) is 0 Å². The van der Waals surface area contributed by atoms with Crippen LogP contribution in [0.4, 0.5) is 0 Å². The van der Waals surface area contributed by atoms with E-state index in [2.05, 4.69) is 15.9 Å². The van der Waals surface area contributed by atoms with Gasteiger partial charge in [0.05, 0.1) is 18.7 Å². The van der Waals surface area contributed by atoms with Gasteiger partial charge in [0, 0.05) is 30.3 Å². The molecule has 30 heavy (non-hydrogen) atoms. The standard InChI is InChI=1S/C23H24BrNO5/c1-14-12-16(8-9-18(14)30-3)21(26)19-20(15-6-4-7-17(24)13-15)25(10-5-11-29-2)23(28)22(19)27/h4,6-9,12-13,20,26H,5,10-11H2,1-3H3/b21-19+/t20-/m1/s1. The molecule has 6 nitrogen and oxygen atoms in total. The van der Waals surface area contributed by atoms with Gasteiger partial charge in [0.2, 0.25) is 0 Å². The number of hydrogen-bond acceptors (Lipinski definition) is 5. The zero-order valence-electron chi connectivity index (χ0n) is 17.1. The number of halogens is 1. The van der Waals surface area contributed by atoms with Crippen LogP contribution in [0.25, 0.3) is 5.76 Å². The minimum Gasteiger partial charge on any atom is -0.507 e. The molecule has 0 unspecified atom stereocenters. The summed E-state index contributed by atoms with van der Waals surface area (Å²) in [5.41, 5.74) is 2.10. The monoisotopic (exact) mass is 473 g/mol. The number of carbonyl (C=O) groups is 2. The van der Waals surface area contributed by atoms with E-state index >= 15 is 0 Å². The van der Waals surface area contributed by atoms with Crippen LogP contribution in [-0.4, -0.2) is 49.1 Å². The first-order chi connectivity index (χ1) is 14.4. The third-order valence-electron chi connectivity index (χ3n) is 5.12. The highest BCUT2D eigenvalue weighted by Gasteiger charge is 2.45. The molecule has 1 fully saturated rings. The molecule has 1 N–H and O–H groups in total. The molecule has 0 bridgehead atoms. The summed E-state index contributed by atoms with van der Waals surface area (Å²) in [6, 6.07) is 11.9. The fourth-order valence-corrected chi connectivity index (χ4v) is 4.11.